The number of hydrogen-bond acceptors (Lipinski definition) is 3. The first kappa shape index (κ1) is 14.5. The average molecular weight is 327 g/mol. The normalized spacial score (nSPS) is 11.2. The van der Waals surface area contributed by atoms with Crippen molar-refractivity contribution < 1.29 is 32.6 Å². The SMILES string of the molecule is COc1c(C(=O)C(=O)O)cc(Br)cc1C(F)(F)F. The highest BCUT2D eigenvalue weighted by atomic mass is 79.9. The van der Waals surface area contributed by atoms with E-state index in [0.29, 0.717) is 6.07 Å². The fourth-order valence-corrected chi connectivity index (χ4v) is 1.77. The van der Waals surface area contributed by atoms with Crippen LogP contribution in [0.15, 0.2) is 16.6 Å². The van der Waals surface area contributed by atoms with Gasteiger partial charge in [0.05, 0.1) is 18.2 Å². The summed E-state index contributed by atoms with van der Waals surface area (Å²) in [6, 6.07) is 1.67. The molecule has 18 heavy (non-hydrogen) atoms. The summed E-state index contributed by atoms with van der Waals surface area (Å²) in [5.41, 5.74) is -1.88. The van der Waals surface area contributed by atoms with Gasteiger partial charge in [-0.25, -0.2) is 4.79 Å². The van der Waals surface area contributed by atoms with E-state index in [2.05, 4.69) is 20.7 Å². The number of ether oxygens (including phenoxy) is 1. The molecule has 0 saturated carbocycles. The van der Waals surface area contributed by atoms with Gasteiger partial charge in [-0.05, 0) is 12.1 Å². The topological polar surface area (TPSA) is 63.6 Å². The number of carboxylic acid groups (broad SMARTS) is 1. The molecule has 1 N–H and O–H groups in total. The zero-order valence-corrected chi connectivity index (χ0v) is 10.4. The van der Waals surface area contributed by atoms with Crippen molar-refractivity contribution in [1.82, 2.24) is 0 Å². The lowest BCUT2D eigenvalue weighted by Crippen LogP contribution is -2.17. The summed E-state index contributed by atoms with van der Waals surface area (Å²) in [5, 5.41) is 8.54. The van der Waals surface area contributed by atoms with Gasteiger partial charge in [-0.2, -0.15) is 13.2 Å². The van der Waals surface area contributed by atoms with Crippen molar-refractivity contribution in [1.29, 1.82) is 0 Å². The molecule has 1 aromatic carbocycles. The summed E-state index contributed by atoms with van der Waals surface area (Å²) >= 11 is 2.79. The molecule has 0 spiro atoms. The van der Waals surface area contributed by atoms with Crippen LogP contribution in [-0.4, -0.2) is 24.0 Å². The van der Waals surface area contributed by atoms with Gasteiger partial charge in [-0.3, -0.25) is 4.79 Å². The molecule has 1 rings (SSSR count). The van der Waals surface area contributed by atoms with E-state index < -0.39 is 34.8 Å². The van der Waals surface area contributed by atoms with E-state index in [9.17, 15) is 22.8 Å². The first-order valence-electron chi connectivity index (χ1n) is 4.40. The van der Waals surface area contributed by atoms with Crippen molar-refractivity contribution in [2.75, 3.05) is 7.11 Å². The van der Waals surface area contributed by atoms with Crippen LogP contribution in [0.1, 0.15) is 15.9 Å². The molecule has 0 unspecified atom stereocenters. The Morgan fingerprint density at radius 1 is 1.33 bits per heavy atom. The van der Waals surface area contributed by atoms with Gasteiger partial charge in [0.25, 0.3) is 5.78 Å². The number of carboxylic acids is 1. The zero-order valence-electron chi connectivity index (χ0n) is 8.84. The maximum absolute atomic E-state index is 12.7. The van der Waals surface area contributed by atoms with Crippen LogP contribution in [0.5, 0.6) is 5.75 Å². The predicted molar refractivity (Wildman–Crippen MR) is 57.7 cm³/mol. The van der Waals surface area contributed by atoms with Crippen molar-refractivity contribution in [3.8, 4) is 5.75 Å². The van der Waals surface area contributed by atoms with Gasteiger partial charge in [0.1, 0.15) is 5.75 Å². The van der Waals surface area contributed by atoms with Crippen LogP contribution in [0.25, 0.3) is 0 Å². The maximum atomic E-state index is 12.7. The minimum Gasteiger partial charge on any atom is -0.495 e. The summed E-state index contributed by atoms with van der Waals surface area (Å²) < 4.78 is 42.5. The molecule has 1 aromatic rings. The van der Waals surface area contributed by atoms with Crippen LogP contribution < -0.4 is 4.74 Å². The minimum absolute atomic E-state index is 0.0692. The average Bonchev–Trinajstić information content (AvgIpc) is 2.25. The molecule has 98 valence electrons. The zero-order chi connectivity index (χ0) is 14.1. The molecule has 0 bridgehead atoms. The third-order valence-electron chi connectivity index (χ3n) is 2.00. The predicted octanol–water partition coefficient (Wildman–Crippen LogP) is 2.74. The van der Waals surface area contributed by atoms with Crippen LogP contribution in [0.3, 0.4) is 0 Å². The monoisotopic (exact) mass is 326 g/mol. The summed E-state index contributed by atoms with van der Waals surface area (Å²) in [4.78, 5) is 21.8. The Hall–Kier alpha value is -1.57. The molecule has 0 aliphatic rings. The molecule has 0 amide bonds. The Morgan fingerprint density at radius 3 is 2.28 bits per heavy atom. The van der Waals surface area contributed by atoms with Gasteiger partial charge in [0, 0.05) is 4.47 Å². The second-order valence-corrected chi connectivity index (χ2v) is 4.08. The van der Waals surface area contributed by atoms with Crippen molar-refractivity contribution >= 4 is 27.7 Å². The first-order chi connectivity index (χ1) is 8.18. The molecule has 0 aromatic heterocycles. The number of carbonyl (C=O) groups excluding carboxylic acids is 1. The van der Waals surface area contributed by atoms with Gasteiger partial charge >= 0.3 is 12.1 Å². The van der Waals surface area contributed by atoms with Gasteiger partial charge in [-0.1, -0.05) is 15.9 Å². The number of alkyl halides is 3. The Labute approximate surface area is 107 Å². The van der Waals surface area contributed by atoms with Crippen molar-refractivity contribution in [2.45, 2.75) is 6.18 Å². The van der Waals surface area contributed by atoms with E-state index in [4.69, 9.17) is 5.11 Å². The van der Waals surface area contributed by atoms with E-state index in [-0.39, 0.29) is 4.47 Å². The molecule has 0 aliphatic carbocycles. The van der Waals surface area contributed by atoms with Crippen molar-refractivity contribution in [2.24, 2.45) is 0 Å². The van der Waals surface area contributed by atoms with Crippen molar-refractivity contribution in [3.05, 3.63) is 27.7 Å². The van der Waals surface area contributed by atoms with Crippen LogP contribution in [0.4, 0.5) is 13.2 Å². The Morgan fingerprint density at radius 2 is 1.89 bits per heavy atom. The molecule has 4 nitrogen and oxygen atoms in total. The number of aliphatic carboxylic acids is 1. The fraction of sp³-hybridized carbons (Fsp3) is 0.200. The van der Waals surface area contributed by atoms with Gasteiger partial charge in [0.15, 0.2) is 0 Å². The number of hydrogen-bond donors (Lipinski definition) is 1. The number of rotatable bonds is 3. The highest BCUT2D eigenvalue weighted by molar-refractivity contribution is 9.10. The number of methoxy groups -OCH3 is 1. The van der Waals surface area contributed by atoms with E-state index in [1.165, 1.54) is 0 Å². The summed E-state index contributed by atoms with van der Waals surface area (Å²) in [5.74, 6) is -4.14. The molecule has 0 aliphatic heterocycles. The molecule has 0 radical (unpaired) electrons. The van der Waals surface area contributed by atoms with Crippen LogP contribution >= 0.6 is 15.9 Å². The molecule has 0 saturated heterocycles. The van der Waals surface area contributed by atoms with E-state index in [1.807, 2.05) is 0 Å². The molecular weight excluding hydrogens is 321 g/mol. The summed E-state index contributed by atoms with van der Waals surface area (Å²) in [7, 11) is 0.928. The van der Waals surface area contributed by atoms with Gasteiger partial charge in [0.2, 0.25) is 0 Å². The second-order valence-electron chi connectivity index (χ2n) is 3.17. The highest BCUT2D eigenvalue weighted by Crippen LogP contribution is 2.40. The van der Waals surface area contributed by atoms with Crippen LogP contribution in [0.2, 0.25) is 0 Å². The summed E-state index contributed by atoms with van der Waals surface area (Å²) in [6.45, 7) is 0. The van der Waals surface area contributed by atoms with E-state index in [0.717, 1.165) is 13.2 Å². The maximum Gasteiger partial charge on any atom is 0.420 e. The van der Waals surface area contributed by atoms with Crippen LogP contribution in [0, 0.1) is 0 Å². The third-order valence-corrected chi connectivity index (χ3v) is 2.46. The first-order valence-corrected chi connectivity index (χ1v) is 5.20. The van der Waals surface area contributed by atoms with E-state index in [1.54, 1.807) is 0 Å². The number of halogens is 4. The number of ketones is 1. The highest BCUT2D eigenvalue weighted by Gasteiger charge is 2.37. The van der Waals surface area contributed by atoms with Gasteiger partial charge in [-0.15, -0.1) is 0 Å². The largest absolute Gasteiger partial charge is 0.495 e. The Bertz CT molecular complexity index is 511. The summed E-state index contributed by atoms with van der Waals surface area (Å²) in [6.07, 6.45) is -4.76. The lowest BCUT2D eigenvalue weighted by Gasteiger charge is -2.15. The standard InChI is InChI=1S/C10H6BrF3O4/c1-18-8-5(7(15)9(16)17)2-4(11)3-6(8)10(12,13)14/h2-3H,1H3,(H,16,17). The number of benzene rings is 1. The van der Waals surface area contributed by atoms with Crippen molar-refractivity contribution in [3.63, 3.8) is 0 Å². The molecule has 8 heteroatoms. The molecule has 0 fully saturated rings. The van der Waals surface area contributed by atoms with Crippen LogP contribution in [-0.2, 0) is 11.0 Å². The number of carbonyl (C=O) groups is 2. The molecule has 0 heterocycles. The fourth-order valence-electron chi connectivity index (χ4n) is 1.31. The second kappa shape index (κ2) is 4.97. The molecular formula is C10H6BrF3O4. The van der Waals surface area contributed by atoms with E-state index >= 15 is 0 Å². The Balaban J connectivity index is 3.58. The molecule has 0 atom stereocenters. The lowest BCUT2D eigenvalue weighted by molar-refractivity contribution is -0.139. The number of Topliss-reactive ketones (excluding diaryl/α,β-unsaturated/α-hetero) is 1. The Kier molecular flexibility index (Phi) is 4.00. The minimum atomic E-state index is -4.76. The van der Waals surface area contributed by atoms with Gasteiger partial charge < -0.3 is 9.84 Å². The lowest BCUT2D eigenvalue weighted by atomic mass is 10.0. The smallest absolute Gasteiger partial charge is 0.420 e. The quantitative estimate of drug-likeness (QED) is 0.685. The third kappa shape index (κ3) is 2.81.